The lowest BCUT2D eigenvalue weighted by molar-refractivity contribution is 0.0521. The van der Waals surface area contributed by atoms with Crippen LogP contribution in [0, 0.1) is 0 Å². The van der Waals surface area contributed by atoms with Crippen molar-refractivity contribution in [1.29, 1.82) is 0 Å². The van der Waals surface area contributed by atoms with Gasteiger partial charge in [0.25, 0.3) is 10.0 Å². The van der Waals surface area contributed by atoms with E-state index in [9.17, 15) is 13.2 Å². The Morgan fingerprint density at radius 3 is 2.40 bits per heavy atom. The molecule has 0 aliphatic carbocycles. The highest BCUT2D eigenvalue weighted by molar-refractivity contribution is 7.89. The summed E-state index contributed by atoms with van der Waals surface area (Å²) in [5.74, 6) is -0.687. The number of H-pyrrole nitrogens is 1. The van der Waals surface area contributed by atoms with Crippen LogP contribution in [0.1, 0.15) is 44.0 Å². The van der Waals surface area contributed by atoms with E-state index in [1.54, 1.807) is 6.92 Å². The molecule has 0 aliphatic rings. The van der Waals surface area contributed by atoms with E-state index in [1.165, 1.54) is 10.5 Å². The molecule has 1 rings (SSSR count). The minimum atomic E-state index is -3.76. The average Bonchev–Trinajstić information content (AvgIpc) is 2.88. The summed E-state index contributed by atoms with van der Waals surface area (Å²) in [4.78, 5) is 11.7. The molecule has 0 aromatic carbocycles. The largest absolute Gasteiger partial charge is 0.462 e. The van der Waals surface area contributed by atoms with Gasteiger partial charge < -0.3 is 4.74 Å². The smallest absolute Gasteiger partial charge is 0.342 e. The third kappa shape index (κ3) is 3.57. The first kappa shape index (κ1) is 16.6. The van der Waals surface area contributed by atoms with Crippen molar-refractivity contribution in [3.05, 3.63) is 11.8 Å². The van der Waals surface area contributed by atoms with Gasteiger partial charge >= 0.3 is 5.97 Å². The van der Waals surface area contributed by atoms with E-state index < -0.39 is 16.0 Å². The van der Waals surface area contributed by atoms with Crippen LogP contribution in [0.5, 0.6) is 0 Å². The number of sulfonamides is 1. The highest BCUT2D eigenvalue weighted by Crippen LogP contribution is 2.19. The van der Waals surface area contributed by atoms with Crippen LogP contribution in [-0.2, 0) is 14.8 Å². The Bertz CT molecular complexity index is 533. The Hall–Kier alpha value is -1.41. The summed E-state index contributed by atoms with van der Waals surface area (Å²) in [6.07, 6.45) is 2.57. The molecule has 0 spiro atoms. The quantitative estimate of drug-likeness (QED) is 0.733. The topological polar surface area (TPSA) is 92.4 Å². The lowest BCUT2D eigenvalue weighted by Crippen LogP contribution is -2.33. The zero-order valence-corrected chi connectivity index (χ0v) is 12.9. The summed E-state index contributed by atoms with van der Waals surface area (Å²) in [6.45, 7) is 6.44. The van der Waals surface area contributed by atoms with Crippen molar-refractivity contribution < 1.29 is 17.9 Å². The number of ether oxygens (including phenoxy) is 1. The molecule has 1 heterocycles. The molecule has 0 saturated carbocycles. The molecule has 114 valence electrons. The van der Waals surface area contributed by atoms with Crippen LogP contribution >= 0.6 is 0 Å². The van der Waals surface area contributed by atoms with Gasteiger partial charge in [0, 0.05) is 13.1 Å². The van der Waals surface area contributed by atoms with Gasteiger partial charge in [-0.15, -0.1) is 0 Å². The summed E-state index contributed by atoms with van der Waals surface area (Å²) < 4.78 is 31.3. The maximum Gasteiger partial charge on any atom is 0.342 e. The van der Waals surface area contributed by atoms with Crippen molar-refractivity contribution in [1.82, 2.24) is 14.5 Å². The summed E-state index contributed by atoms with van der Waals surface area (Å²) in [5, 5.41) is 5.87. The fourth-order valence-electron chi connectivity index (χ4n) is 1.81. The minimum Gasteiger partial charge on any atom is -0.462 e. The molecular weight excluding hydrogens is 282 g/mol. The molecule has 1 aromatic rings. The Morgan fingerprint density at radius 2 is 1.90 bits per heavy atom. The van der Waals surface area contributed by atoms with E-state index in [0.717, 1.165) is 0 Å². The highest BCUT2D eigenvalue weighted by atomic mass is 32.2. The fourth-order valence-corrected chi connectivity index (χ4v) is 3.49. The Morgan fingerprint density at radius 1 is 1.30 bits per heavy atom. The normalized spacial score (nSPS) is 11.8. The Kier molecular flexibility index (Phi) is 6.15. The summed E-state index contributed by atoms with van der Waals surface area (Å²) >= 11 is 0. The number of nitrogens with zero attached hydrogens (tertiary/aromatic N) is 2. The monoisotopic (exact) mass is 303 g/mol. The standard InChI is InChI=1S/C12H21N3O4S/c1-4-7-15(8-5-2)20(17,18)11-10(9-13-14-11)12(16)19-6-3/h9H,4-8H2,1-3H3,(H,13,14). The molecule has 1 aromatic heterocycles. The summed E-state index contributed by atoms with van der Waals surface area (Å²) in [5.41, 5.74) is -0.0518. The predicted molar refractivity (Wildman–Crippen MR) is 73.9 cm³/mol. The zero-order chi connectivity index (χ0) is 15.2. The Balaban J connectivity index is 3.14. The van der Waals surface area contributed by atoms with Gasteiger partial charge in [0.2, 0.25) is 0 Å². The molecule has 8 heteroatoms. The minimum absolute atomic E-state index is 0.0518. The molecular formula is C12H21N3O4S. The van der Waals surface area contributed by atoms with Crippen molar-refractivity contribution in [3.8, 4) is 0 Å². The van der Waals surface area contributed by atoms with Crippen LogP contribution in [0.15, 0.2) is 11.2 Å². The third-order valence-electron chi connectivity index (χ3n) is 2.64. The Labute approximate surface area is 119 Å². The van der Waals surface area contributed by atoms with E-state index in [2.05, 4.69) is 10.2 Å². The second kappa shape index (κ2) is 7.39. The highest BCUT2D eigenvalue weighted by Gasteiger charge is 2.30. The van der Waals surface area contributed by atoms with Crippen molar-refractivity contribution in [3.63, 3.8) is 0 Å². The molecule has 0 bridgehead atoms. The molecule has 0 radical (unpaired) electrons. The second-order valence-corrected chi connectivity index (χ2v) is 6.11. The number of carbonyl (C=O) groups excluding carboxylic acids is 1. The summed E-state index contributed by atoms with van der Waals surface area (Å²) in [7, 11) is -3.76. The van der Waals surface area contributed by atoms with E-state index >= 15 is 0 Å². The van der Waals surface area contributed by atoms with Gasteiger partial charge in [-0.25, -0.2) is 13.2 Å². The van der Waals surface area contributed by atoms with Crippen molar-refractivity contribution in [2.45, 2.75) is 38.6 Å². The first-order chi connectivity index (χ1) is 9.48. The van der Waals surface area contributed by atoms with Gasteiger partial charge in [-0.05, 0) is 19.8 Å². The maximum absolute atomic E-state index is 12.5. The first-order valence-electron chi connectivity index (χ1n) is 6.69. The van der Waals surface area contributed by atoms with Gasteiger partial charge in [0.05, 0.1) is 12.8 Å². The number of hydrogen-bond acceptors (Lipinski definition) is 5. The molecule has 0 unspecified atom stereocenters. The van der Waals surface area contributed by atoms with Crippen LogP contribution in [0.2, 0.25) is 0 Å². The second-order valence-electron chi connectivity index (χ2n) is 4.24. The SMILES string of the molecule is CCCN(CCC)S(=O)(=O)c1[nH]ncc1C(=O)OCC. The third-order valence-corrected chi connectivity index (χ3v) is 4.52. The molecule has 7 nitrogen and oxygen atoms in total. The van der Waals surface area contributed by atoms with Gasteiger partial charge in [-0.3, -0.25) is 5.10 Å². The molecule has 0 amide bonds. The number of esters is 1. The van der Waals surface area contributed by atoms with E-state index in [4.69, 9.17) is 4.74 Å². The van der Waals surface area contributed by atoms with Gasteiger partial charge in [0.1, 0.15) is 5.56 Å². The van der Waals surface area contributed by atoms with Crippen molar-refractivity contribution >= 4 is 16.0 Å². The average molecular weight is 303 g/mol. The molecule has 0 atom stereocenters. The number of aromatic nitrogens is 2. The van der Waals surface area contributed by atoms with Gasteiger partial charge in [-0.1, -0.05) is 13.8 Å². The van der Waals surface area contributed by atoms with Crippen molar-refractivity contribution in [2.75, 3.05) is 19.7 Å². The maximum atomic E-state index is 12.5. The number of hydrogen-bond donors (Lipinski definition) is 1. The lowest BCUT2D eigenvalue weighted by atomic mass is 10.4. The molecule has 0 fully saturated rings. The molecule has 1 N–H and O–H groups in total. The van der Waals surface area contributed by atoms with E-state index in [-0.39, 0.29) is 17.2 Å². The van der Waals surface area contributed by atoms with E-state index in [0.29, 0.717) is 25.9 Å². The first-order valence-corrected chi connectivity index (χ1v) is 8.13. The van der Waals surface area contributed by atoms with Gasteiger partial charge in [0.15, 0.2) is 5.03 Å². The fraction of sp³-hybridized carbons (Fsp3) is 0.667. The summed E-state index contributed by atoms with van der Waals surface area (Å²) in [6, 6.07) is 0. The van der Waals surface area contributed by atoms with Crippen LogP contribution in [0.3, 0.4) is 0 Å². The van der Waals surface area contributed by atoms with Crippen LogP contribution in [0.25, 0.3) is 0 Å². The molecule has 0 saturated heterocycles. The number of carbonyl (C=O) groups is 1. The van der Waals surface area contributed by atoms with E-state index in [1.807, 2.05) is 13.8 Å². The van der Waals surface area contributed by atoms with Gasteiger partial charge in [-0.2, -0.15) is 9.40 Å². The van der Waals surface area contributed by atoms with Crippen LogP contribution in [-0.4, -0.2) is 48.6 Å². The number of nitrogens with one attached hydrogen (secondary N) is 1. The van der Waals surface area contributed by atoms with Crippen LogP contribution < -0.4 is 0 Å². The molecule has 0 aliphatic heterocycles. The number of rotatable bonds is 8. The zero-order valence-electron chi connectivity index (χ0n) is 12.0. The number of aromatic amines is 1. The lowest BCUT2D eigenvalue weighted by Gasteiger charge is -2.20. The predicted octanol–water partition coefficient (Wildman–Crippen LogP) is 1.40. The van der Waals surface area contributed by atoms with Crippen molar-refractivity contribution in [2.24, 2.45) is 0 Å². The van der Waals surface area contributed by atoms with Crippen LogP contribution in [0.4, 0.5) is 0 Å². The molecule has 20 heavy (non-hydrogen) atoms.